The molecule has 0 saturated heterocycles. The quantitative estimate of drug-likeness (QED) is 0.829. The number of benzene rings is 1. The normalized spacial score (nSPS) is 10.9. The van der Waals surface area contributed by atoms with E-state index in [4.69, 9.17) is 16.3 Å². The van der Waals surface area contributed by atoms with Crippen LogP contribution in [-0.2, 0) is 0 Å². The third kappa shape index (κ3) is 2.15. The molecule has 0 spiro atoms. The van der Waals surface area contributed by atoms with E-state index in [2.05, 4.69) is 18.8 Å². The van der Waals surface area contributed by atoms with Crippen LogP contribution in [0.25, 0.3) is 11.3 Å². The number of methoxy groups -OCH3 is 1. The minimum Gasteiger partial charge on any atom is -0.496 e. The average molecular weight is 251 g/mol. The predicted molar refractivity (Wildman–Crippen MR) is 69.6 cm³/mol. The maximum atomic E-state index is 6.10. The lowest BCUT2D eigenvalue weighted by molar-refractivity contribution is 0.416. The first-order valence-corrected chi connectivity index (χ1v) is 5.89. The largest absolute Gasteiger partial charge is 0.496 e. The van der Waals surface area contributed by atoms with E-state index < -0.39 is 0 Å². The Morgan fingerprint density at radius 1 is 1.29 bits per heavy atom. The van der Waals surface area contributed by atoms with Crippen LogP contribution in [-0.4, -0.2) is 16.7 Å². The molecule has 3 nitrogen and oxygen atoms in total. The predicted octanol–water partition coefficient (Wildman–Crippen LogP) is 3.79. The van der Waals surface area contributed by atoms with Crippen molar-refractivity contribution in [1.82, 2.24) is 9.55 Å². The third-order valence-electron chi connectivity index (χ3n) is 2.65. The van der Waals surface area contributed by atoms with E-state index in [9.17, 15) is 0 Å². The van der Waals surface area contributed by atoms with Crippen LogP contribution in [0.4, 0.5) is 0 Å². The number of nitrogens with zero attached hydrogens (tertiary/aromatic N) is 2. The number of imidazole rings is 1. The Bertz CT molecular complexity index is 520. The van der Waals surface area contributed by atoms with Crippen LogP contribution in [0, 0.1) is 0 Å². The van der Waals surface area contributed by atoms with Gasteiger partial charge in [0.1, 0.15) is 5.75 Å². The molecule has 17 heavy (non-hydrogen) atoms. The summed E-state index contributed by atoms with van der Waals surface area (Å²) in [7, 11) is 1.66. The number of ether oxygens (including phenoxy) is 1. The van der Waals surface area contributed by atoms with Crippen molar-refractivity contribution >= 4 is 11.6 Å². The molecular formula is C13H15ClN2O. The molecule has 0 N–H and O–H groups in total. The van der Waals surface area contributed by atoms with E-state index >= 15 is 0 Å². The zero-order valence-corrected chi connectivity index (χ0v) is 10.9. The van der Waals surface area contributed by atoms with E-state index in [0.29, 0.717) is 5.28 Å². The number of para-hydroxylation sites is 1. The Labute approximate surface area is 106 Å². The maximum Gasteiger partial charge on any atom is 0.203 e. The second-order valence-electron chi connectivity index (χ2n) is 4.08. The van der Waals surface area contributed by atoms with Gasteiger partial charge in [-0.2, -0.15) is 0 Å². The van der Waals surface area contributed by atoms with Gasteiger partial charge in [0, 0.05) is 11.6 Å². The highest BCUT2D eigenvalue weighted by molar-refractivity contribution is 6.28. The first-order chi connectivity index (χ1) is 8.15. The molecule has 0 aliphatic rings. The molecule has 1 aromatic carbocycles. The molecule has 0 amide bonds. The lowest BCUT2D eigenvalue weighted by Gasteiger charge is -2.15. The van der Waals surface area contributed by atoms with Crippen LogP contribution in [0.5, 0.6) is 5.75 Å². The van der Waals surface area contributed by atoms with Crippen molar-refractivity contribution in [3.63, 3.8) is 0 Å². The van der Waals surface area contributed by atoms with Crippen LogP contribution >= 0.6 is 11.6 Å². The maximum absolute atomic E-state index is 6.10. The molecule has 1 heterocycles. The second-order valence-corrected chi connectivity index (χ2v) is 4.41. The van der Waals surface area contributed by atoms with Crippen molar-refractivity contribution in [2.45, 2.75) is 19.9 Å². The van der Waals surface area contributed by atoms with Crippen molar-refractivity contribution in [3.05, 3.63) is 35.7 Å². The van der Waals surface area contributed by atoms with Crippen molar-refractivity contribution in [2.75, 3.05) is 7.11 Å². The van der Waals surface area contributed by atoms with E-state index in [-0.39, 0.29) is 6.04 Å². The Kier molecular flexibility index (Phi) is 3.38. The molecule has 0 unspecified atom stereocenters. The summed E-state index contributed by atoms with van der Waals surface area (Å²) in [5.41, 5.74) is 1.98. The zero-order valence-electron chi connectivity index (χ0n) is 10.1. The smallest absolute Gasteiger partial charge is 0.203 e. The molecule has 2 aromatic rings. The highest BCUT2D eigenvalue weighted by atomic mass is 35.5. The van der Waals surface area contributed by atoms with Gasteiger partial charge in [-0.3, -0.25) is 0 Å². The van der Waals surface area contributed by atoms with E-state index in [0.717, 1.165) is 17.0 Å². The van der Waals surface area contributed by atoms with Gasteiger partial charge in [0.15, 0.2) is 0 Å². The van der Waals surface area contributed by atoms with Gasteiger partial charge >= 0.3 is 0 Å². The van der Waals surface area contributed by atoms with Gasteiger partial charge in [-0.25, -0.2) is 4.98 Å². The number of halogens is 1. The van der Waals surface area contributed by atoms with Gasteiger partial charge in [0.2, 0.25) is 5.28 Å². The molecule has 4 heteroatoms. The average Bonchev–Trinajstić information content (AvgIpc) is 2.71. The molecule has 0 fully saturated rings. The van der Waals surface area contributed by atoms with Crippen molar-refractivity contribution < 1.29 is 4.74 Å². The van der Waals surface area contributed by atoms with E-state index in [1.165, 1.54) is 0 Å². The summed E-state index contributed by atoms with van der Waals surface area (Å²) in [5.74, 6) is 0.825. The molecular weight excluding hydrogens is 236 g/mol. The monoisotopic (exact) mass is 250 g/mol. The van der Waals surface area contributed by atoms with Gasteiger partial charge in [-0.05, 0) is 37.6 Å². The van der Waals surface area contributed by atoms with Crippen LogP contribution in [0.15, 0.2) is 30.5 Å². The fraction of sp³-hybridized carbons (Fsp3) is 0.308. The van der Waals surface area contributed by atoms with Crippen molar-refractivity contribution in [3.8, 4) is 17.0 Å². The van der Waals surface area contributed by atoms with Gasteiger partial charge in [0.05, 0.1) is 19.0 Å². The molecule has 0 bridgehead atoms. The number of hydrogen-bond acceptors (Lipinski definition) is 2. The fourth-order valence-corrected chi connectivity index (χ4v) is 2.22. The Morgan fingerprint density at radius 2 is 2.00 bits per heavy atom. The summed E-state index contributed by atoms with van der Waals surface area (Å²) < 4.78 is 7.35. The zero-order chi connectivity index (χ0) is 12.4. The lowest BCUT2D eigenvalue weighted by atomic mass is 10.1. The summed E-state index contributed by atoms with van der Waals surface area (Å²) in [4.78, 5) is 4.16. The minimum atomic E-state index is 0.255. The van der Waals surface area contributed by atoms with Crippen LogP contribution in [0.1, 0.15) is 19.9 Å². The van der Waals surface area contributed by atoms with Gasteiger partial charge in [0.25, 0.3) is 0 Å². The number of aromatic nitrogens is 2. The molecule has 0 saturated carbocycles. The van der Waals surface area contributed by atoms with Crippen molar-refractivity contribution in [2.24, 2.45) is 0 Å². The summed E-state index contributed by atoms with van der Waals surface area (Å²) in [6.45, 7) is 4.15. The highest BCUT2D eigenvalue weighted by Gasteiger charge is 2.15. The molecule has 1 aromatic heterocycles. The van der Waals surface area contributed by atoms with Gasteiger partial charge in [-0.15, -0.1) is 0 Å². The second kappa shape index (κ2) is 4.80. The Morgan fingerprint density at radius 3 is 2.65 bits per heavy atom. The Hall–Kier alpha value is -1.48. The molecule has 2 rings (SSSR count). The minimum absolute atomic E-state index is 0.255. The fourth-order valence-electron chi connectivity index (χ4n) is 1.88. The van der Waals surface area contributed by atoms with E-state index in [1.807, 2.05) is 28.8 Å². The molecule has 0 atom stereocenters. The Balaban J connectivity index is 2.60. The molecule has 90 valence electrons. The first-order valence-electron chi connectivity index (χ1n) is 5.51. The van der Waals surface area contributed by atoms with E-state index in [1.54, 1.807) is 13.3 Å². The van der Waals surface area contributed by atoms with Gasteiger partial charge in [-0.1, -0.05) is 12.1 Å². The molecule has 0 aliphatic heterocycles. The van der Waals surface area contributed by atoms with Crippen LogP contribution < -0.4 is 4.74 Å². The highest BCUT2D eigenvalue weighted by Crippen LogP contribution is 2.33. The topological polar surface area (TPSA) is 27.1 Å². The van der Waals surface area contributed by atoms with Crippen LogP contribution in [0.3, 0.4) is 0 Å². The lowest BCUT2D eigenvalue weighted by Crippen LogP contribution is -2.03. The third-order valence-corrected chi connectivity index (χ3v) is 2.93. The number of hydrogen-bond donors (Lipinski definition) is 0. The van der Waals surface area contributed by atoms with Gasteiger partial charge < -0.3 is 9.30 Å². The van der Waals surface area contributed by atoms with Crippen molar-refractivity contribution in [1.29, 1.82) is 0 Å². The summed E-state index contributed by atoms with van der Waals surface area (Å²) in [5, 5.41) is 0.501. The standard InChI is InChI=1S/C13H15ClN2O/c1-9(2)16-11(8-15-13(16)14)10-6-4-5-7-12(10)17-3/h4-9H,1-3H3. The first kappa shape index (κ1) is 12.0. The summed E-state index contributed by atoms with van der Waals surface area (Å²) in [6, 6.07) is 8.11. The SMILES string of the molecule is COc1ccccc1-c1cnc(Cl)n1C(C)C. The molecule has 0 radical (unpaired) electrons. The summed E-state index contributed by atoms with van der Waals surface area (Å²) >= 11 is 6.10. The molecule has 0 aliphatic carbocycles. The summed E-state index contributed by atoms with van der Waals surface area (Å²) in [6.07, 6.45) is 1.78. The van der Waals surface area contributed by atoms with Crippen LogP contribution in [0.2, 0.25) is 5.28 Å². The number of rotatable bonds is 3.